The van der Waals surface area contributed by atoms with Crippen LogP contribution in [0.4, 0.5) is 0 Å². The summed E-state index contributed by atoms with van der Waals surface area (Å²) in [4.78, 5) is 1.38. The van der Waals surface area contributed by atoms with E-state index in [9.17, 15) is 0 Å². The smallest absolute Gasteiger partial charge is 0.0176 e. The Bertz CT molecular complexity index is 433. The number of halogens is 1. The Morgan fingerprint density at radius 1 is 1.25 bits per heavy atom. The maximum absolute atomic E-state index is 3.54. The van der Waals surface area contributed by atoms with Crippen LogP contribution in [0, 0.1) is 17.8 Å². The van der Waals surface area contributed by atoms with E-state index in [1.807, 2.05) is 11.8 Å². The van der Waals surface area contributed by atoms with Gasteiger partial charge in [-0.15, -0.1) is 11.8 Å². The molecule has 2 bridgehead atoms. The van der Waals surface area contributed by atoms with Crippen molar-refractivity contribution in [2.75, 3.05) is 12.8 Å². The van der Waals surface area contributed by atoms with Crippen LogP contribution in [0.25, 0.3) is 0 Å². The standard InChI is InChI=1S/C17H24BrNS/c1-19-16(10-14-9-12-2-3-13(14)8-12)11-20-17-6-4-15(18)5-7-17/h4-7,12-14,16,19H,2-3,8-11H2,1H3. The predicted molar refractivity (Wildman–Crippen MR) is 91.3 cm³/mol. The van der Waals surface area contributed by atoms with Gasteiger partial charge in [0.2, 0.25) is 0 Å². The van der Waals surface area contributed by atoms with Crippen molar-refractivity contribution in [1.82, 2.24) is 5.32 Å². The van der Waals surface area contributed by atoms with Crippen LogP contribution in [0.1, 0.15) is 32.1 Å². The van der Waals surface area contributed by atoms with E-state index in [2.05, 4.69) is 52.6 Å². The van der Waals surface area contributed by atoms with Gasteiger partial charge in [0.25, 0.3) is 0 Å². The van der Waals surface area contributed by atoms with Crippen molar-refractivity contribution in [3.63, 3.8) is 0 Å². The molecule has 0 aromatic heterocycles. The molecule has 1 N–H and O–H groups in total. The van der Waals surface area contributed by atoms with Gasteiger partial charge in [0.15, 0.2) is 0 Å². The van der Waals surface area contributed by atoms with Crippen molar-refractivity contribution in [3.05, 3.63) is 28.7 Å². The maximum atomic E-state index is 3.54. The van der Waals surface area contributed by atoms with Gasteiger partial charge < -0.3 is 5.32 Å². The minimum absolute atomic E-state index is 0.660. The molecule has 0 aliphatic heterocycles. The maximum Gasteiger partial charge on any atom is 0.0176 e. The summed E-state index contributed by atoms with van der Waals surface area (Å²) >= 11 is 5.48. The average molecular weight is 354 g/mol. The lowest BCUT2D eigenvalue weighted by molar-refractivity contribution is 0.290. The van der Waals surface area contributed by atoms with Crippen LogP contribution >= 0.6 is 27.7 Å². The van der Waals surface area contributed by atoms with Gasteiger partial charge in [0.1, 0.15) is 0 Å². The number of nitrogens with one attached hydrogen (secondary N) is 1. The summed E-state index contributed by atoms with van der Waals surface area (Å²) in [7, 11) is 2.13. The monoisotopic (exact) mass is 353 g/mol. The van der Waals surface area contributed by atoms with Crippen molar-refractivity contribution < 1.29 is 0 Å². The number of benzene rings is 1. The molecular formula is C17H24BrNS. The van der Waals surface area contributed by atoms with Gasteiger partial charge in [0.05, 0.1) is 0 Å². The molecule has 1 aromatic carbocycles. The first-order valence-corrected chi connectivity index (χ1v) is 9.58. The Labute approximate surface area is 135 Å². The van der Waals surface area contributed by atoms with Crippen LogP contribution < -0.4 is 5.32 Å². The molecule has 4 unspecified atom stereocenters. The summed E-state index contributed by atoms with van der Waals surface area (Å²) in [6.45, 7) is 0. The lowest BCUT2D eigenvalue weighted by atomic mass is 9.84. The molecule has 2 aliphatic carbocycles. The zero-order valence-corrected chi connectivity index (χ0v) is 14.6. The lowest BCUT2D eigenvalue weighted by Gasteiger charge is -2.26. The van der Waals surface area contributed by atoms with Crippen LogP contribution in [-0.4, -0.2) is 18.8 Å². The second kappa shape index (κ2) is 6.85. The molecule has 1 aromatic rings. The Balaban J connectivity index is 1.48. The third-order valence-corrected chi connectivity index (χ3v) is 6.85. The van der Waals surface area contributed by atoms with E-state index in [1.54, 1.807) is 0 Å². The summed E-state index contributed by atoms with van der Waals surface area (Å²) < 4.78 is 1.16. The molecule has 0 amide bonds. The Morgan fingerprint density at radius 3 is 2.65 bits per heavy atom. The summed E-state index contributed by atoms with van der Waals surface area (Å²) in [5, 5.41) is 3.54. The summed E-state index contributed by atoms with van der Waals surface area (Å²) in [5.74, 6) is 4.30. The van der Waals surface area contributed by atoms with Gasteiger partial charge >= 0.3 is 0 Å². The first kappa shape index (κ1) is 14.9. The van der Waals surface area contributed by atoms with E-state index in [0.717, 1.165) is 22.2 Å². The fourth-order valence-electron chi connectivity index (χ4n) is 4.03. The molecule has 2 fully saturated rings. The molecule has 0 saturated heterocycles. The quantitative estimate of drug-likeness (QED) is 0.725. The average Bonchev–Trinajstić information content (AvgIpc) is 3.07. The zero-order valence-electron chi connectivity index (χ0n) is 12.1. The second-order valence-corrected chi connectivity index (χ2v) is 8.43. The first-order chi connectivity index (χ1) is 9.74. The molecule has 20 heavy (non-hydrogen) atoms. The van der Waals surface area contributed by atoms with E-state index in [1.165, 1.54) is 42.8 Å². The molecule has 0 radical (unpaired) electrons. The first-order valence-electron chi connectivity index (χ1n) is 7.80. The highest BCUT2D eigenvalue weighted by molar-refractivity contribution is 9.10. The third kappa shape index (κ3) is 3.61. The summed E-state index contributed by atoms with van der Waals surface area (Å²) in [5.41, 5.74) is 0. The minimum Gasteiger partial charge on any atom is -0.316 e. The Morgan fingerprint density at radius 2 is 2.05 bits per heavy atom. The lowest BCUT2D eigenvalue weighted by Crippen LogP contribution is -2.31. The predicted octanol–water partition coefficient (Wildman–Crippen LogP) is 4.96. The van der Waals surface area contributed by atoms with Gasteiger partial charge in [-0.25, -0.2) is 0 Å². The molecule has 2 aliphatic rings. The molecular weight excluding hydrogens is 330 g/mol. The van der Waals surface area contributed by atoms with E-state index in [0.29, 0.717) is 6.04 Å². The largest absolute Gasteiger partial charge is 0.316 e. The molecule has 4 atom stereocenters. The van der Waals surface area contributed by atoms with Gasteiger partial charge in [-0.1, -0.05) is 22.4 Å². The van der Waals surface area contributed by atoms with Gasteiger partial charge in [-0.2, -0.15) is 0 Å². The van der Waals surface area contributed by atoms with Crippen molar-refractivity contribution >= 4 is 27.7 Å². The number of thioether (sulfide) groups is 1. The second-order valence-electron chi connectivity index (χ2n) is 6.42. The number of hydrogen-bond acceptors (Lipinski definition) is 2. The van der Waals surface area contributed by atoms with Crippen molar-refractivity contribution in [2.45, 2.75) is 43.0 Å². The van der Waals surface area contributed by atoms with Crippen LogP contribution in [0.2, 0.25) is 0 Å². The van der Waals surface area contributed by atoms with Crippen LogP contribution in [0.15, 0.2) is 33.6 Å². The Kier molecular flexibility index (Phi) is 5.11. The molecule has 110 valence electrons. The van der Waals surface area contributed by atoms with Crippen LogP contribution in [-0.2, 0) is 0 Å². The highest BCUT2D eigenvalue weighted by Crippen LogP contribution is 2.50. The number of rotatable bonds is 6. The SMILES string of the molecule is CNC(CSc1ccc(Br)cc1)CC1CC2CCC1C2. The number of fused-ring (bicyclic) bond motifs is 2. The van der Waals surface area contributed by atoms with E-state index in [-0.39, 0.29) is 0 Å². The fourth-order valence-corrected chi connectivity index (χ4v) is 5.32. The normalized spacial score (nSPS) is 29.8. The van der Waals surface area contributed by atoms with Crippen LogP contribution in [0.3, 0.4) is 0 Å². The Hall–Kier alpha value is 0.01000. The van der Waals surface area contributed by atoms with E-state index >= 15 is 0 Å². The molecule has 1 nitrogen and oxygen atoms in total. The third-order valence-electron chi connectivity index (χ3n) is 5.14. The van der Waals surface area contributed by atoms with Crippen molar-refractivity contribution in [3.8, 4) is 0 Å². The number of hydrogen-bond donors (Lipinski definition) is 1. The van der Waals surface area contributed by atoms with Crippen molar-refractivity contribution in [1.29, 1.82) is 0 Å². The van der Waals surface area contributed by atoms with E-state index < -0.39 is 0 Å². The molecule has 0 heterocycles. The fraction of sp³-hybridized carbons (Fsp3) is 0.647. The molecule has 2 saturated carbocycles. The van der Waals surface area contributed by atoms with Gasteiger partial charge in [-0.05, 0) is 74.8 Å². The van der Waals surface area contributed by atoms with Gasteiger partial charge in [0, 0.05) is 21.2 Å². The van der Waals surface area contributed by atoms with Crippen molar-refractivity contribution in [2.24, 2.45) is 17.8 Å². The summed E-state index contributed by atoms with van der Waals surface area (Å²) in [6, 6.07) is 9.34. The highest BCUT2D eigenvalue weighted by Gasteiger charge is 2.39. The zero-order chi connectivity index (χ0) is 13.9. The minimum atomic E-state index is 0.660. The molecule has 0 spiro atoms. The molecule has 3 heteroatoms. The highest BCUT2D eigenvalue weighted by atomic mass is 79.9. The summed E-state index contributed by atoms with van der Waals surface area (Å²) in [6.07, 6.45) is 7.43. The van der Waals surface area contributed by atoms with Crippen LogP contribution in [0.5, 0.6) is 0 Å². The van der Waals surface area contributed by atoms with Gasteiger partial charge in [-0.3, -0.25) is 0 Å². The molecule has 3 rings (SSSR count). The topological polar surface area (TPSA) is 12.0 Å². The van der Waals surface area contributed by atoms with E-state index in [4.69, 9.17) is 0 Å².